The van der Waals surface area contributed by atoms with Crippen LogP contribution in [0.4, 0.5) is 4.39 Å². The summed E-state index contributed by atoms with van der Waals surface area (Å²) in [5.41, 5.74) is 5.08. The first-order chi connectivity index (χ1) is 16.0. The molecule has 160 valence electrons. The van der Waals surface area contributed by atoms with Crippen LogP contribution in [0.5, 0.6) is 17.5 Å². The molecule has 5 nitrogen and oxygen atoms in total. The van der Waals surface area contributed by atoms with Gasteiger partial charge in [0.1, 0.15) is 17.3 Å². The summed E-state index contributed by atoms with van der Waals surface area (Å²) in [5, 5.41) is 19.3. The Kier molecular flexibility index (Phi) is 5.00. The van der Waals surface area contributed by atoms with Crippen LogP contribution in [0.2, 0.25) is 0 Å². The van der Waals surface area contributed by atoms with Crippen molar-refractivity contribution < 1.29 is 14.2 Å². The molecule has 2 N–H and O–H groups in total. The summed E-state index contributed by atoms with van der Waals surface area (Å²) in [6.45, 7) is 1.85. The number of aromatic amines is 1. The number of nitrogens with zero attached hydrogens (tertiary/aromatic N) is 2. The number of phenols is 1. The summed E-state index contributed by atoms with van der Waals surface area (Å²) < 4.78 is 20.7. The zero-order valence-corrected chi connectivity index (χ0v) is 17.6. The van der Waals surface area contributed by atoms with Crippen LogP contribution in [0.1, 0.15) is 11.1 Å². The molecule has 0 fully saturated rings. The Morgan fingerprint density at radius 1 is 0.939 bits per heavy atom. The van der Waals surface area contributed by atoms with Crippen molar-refractivity contribution in [1.29, 1.82) is 5.26 Å². The third-order valence-corrected chi connectivity index (χ3v) is 5.50. The maximum atomic E-state index is 14.9. The number of aromatic nitrogens is 2. The van der Waals surface area contributed by atoms with Gasteiger partial charge in [-0.2, -0.15) is 10.2 Å². The number of ether oxygens (including phenoxy) is 1. The molecule has 0 unspecified atom stereocenters. The van der Waals surface area contributed by atoms with Crippen molar-refractivity contribution in [3.8, 4) is 45.8 Å². The average molecular weight is 435 g/mol. The molecule has 0 aliphatic rings. The first kappa shape index (κ1) is 20.3. The van der Waals surface area contributed by atoms with Crippen LogP contribution in [0.15, 0.2) is 78.9 Å². The lowest BCUT2D eigenvalue weighted by Gasteiger charge is -2.07. The smallest absolute Gasteiger partial charge is 0.300 e. The van der Waals surface area contributed by atoms with Gasteiger partial charge in [0.15, 0.2) is 0 Å². The molecule has 0 saturated heterocycles. The molecule has 0 aliphatic carbocycles. The standard InChI is InChI=1S/C27H18FN3O2/c1-16-6-11-20(12-19(16)15-29)33-27-30-24-13-22(23(28)14-25(24)31-27)18-9-7-17(8-10-18)21-4-2-3-5-26(21)32/h2-14,32H,1H3,(H,30,31). The maximum Gasteiger partial charge on any atom is 0.300 e. The van der Waals surface area contributed by atoms with Crippen LogP contribution in [0, 0.1) is 24.1 Å². The Balaban J connectivity index is 1.46. The van der Waals surface area contributed by atoms with E-state index < -0.39 is 5.82 Å². The Bertz CT molecular complexity index is 1530. The molecule has 6 heteroatoms. The van der Waals surface area contributed by atoms with Crippen LogP contribution < -0.4 is 4.74 Å². The second-order valence-corrected chi connectivity index (χ2v) is 7.68. The quantitative estimate of drug-likeness (QED) is 0.328. The second-order valence-electron chi connectivity index (χ2n) is 7.68. The topological polar surface area (TPSA) is 81.9 Å². The molecule has 0 radical (unpaired) electrons. The summed E-state index contributed by atoms with van der Waals surface area (Å²) in [6.07, 6.45) is 0. The SMILES string of the molecule is Cc1ccc(Oc2nc3cc(-c4ccc(-c5ccccc5O)cc4)c(F)cc3[nH]2)cc1C#N. The Hall–Kier alpha value is -4.63. The highest BCUT2D eigenvalue weighted by atomic mass is 19.1. The average Bonchev–Trinajstić information content (AvgIpc) is 3.21. The van der Waals surface area contributed by atoms with Gasteiger partial charge in [0, 0.05) is 17.2 Å². The number of phenolic OH excluding ortho intramolecular Hbond substituents is 1. The van der Waals surface area contributed by atoms with E-state index in [1.54, 1.807) is 36.4 Å². The van der Waals surface area contributed by atoms with E-state index in [1.165, 1.54) is 6.07 Å². The van der Waals surface area contributed by atoms with Crippen LogP contribution in [0.25, 0.3) is 33.3 Å². The zero-order valence-electron chi connectivity index (χ0n) is 17.6. The molecule has 0 amide bonds. The fourth-order valence-electron chi connectivity index (χ4n) is 3.72. The number of aryl methyl sites for hydroxylation is 1. The molecule has 0 spiro atoms. The molecule has 1 heterocycles. The van der Waals surface area contributed by atoms with Crippen LogP contribution >= 0.6 is 0 Å². The van der Waals surface area contributed by atoms with Crippen molar-refractivity contribution >= 4 is 11.0 Å². The van der Waals surface area contributed by atoms with E-state index in [-0.39, 0.29) is 11.8 Å². The van der Waals surface area contributed by atoms with Gasteiger partial charge in [-0.1, -0.05) is 48.5 Å². The van der Waals surface area contributed by atoms with Crippen molar-refractivity contribution in [1.82, 2.24) is 9.97 Å². The van der Waals surface area contributed by atoms with E-state index in [4.69, 9.17) is 4.74 Å². The fourth-order valence-corrected chi connectivity index (χ4v) is 3.72. The maximum absolute atomic E-state index is 14.9. The third kappa shape index (κ3) is 3.88. The van der Waals surface area contributed by atoms with Gasteiger partial charge in [-0.3, -0.25) is 0 Å². The number of para-hydroxylation sites is 1. The van der Waals surface area contributed by atoms with Gasteiger partial charge in [0.05, 0.1) is 22.7 Å². The molecular weight excluding hydrogens is 417 g/mol. The Morgan fingerprint density at radius 2 is 1.67 bits per heavy atom. The van der Waals surface area contributed by atoms with Gasteiger partial charge in [-0.25, -0.2) is 4.39 Å². The molecule has 33 heavy (non-hydrogen) atoms. The Labute approximate surface area is 189 Å². The van der Waals surface area contributed by atoms with Crippen molar-refractivity contribution in [2.24, 2.45) is 0 Å². The lowest BCUT2D eigenvalue weighted by Crippen LogP contribution is -1.88. The molecule has 0 atom stereocenters. The van der Waals surface area contributed by atoms with Crippen molar-refractivity contribution in [3.05, 3.63) is 95.8 Å². The lowest BCUT2D eigenvalue weighted by molar-refractivity contribution is 0.449. The van der Waals surface area contributed by atoms with Gasteiger partial charge in [0.2, 0.25) is 0 Å². The molecule has 4 aromatic carbocycles. The number of aromatic hydroxyl groups is 1. The van der Waals surface area contributed by atoms with Gasteiger partial charge in [0.25, 0.3) is 6.01 Å². The van der Waals surface area contributed by atoms with E-state index in [1.807, 2.05) is 43.3 Å². The molecule has 5 aromatic rings. The number of imidazole rings is 1. The highest BCUT2D eigenvalue weighted by Gasteiger charge is 2.13. The number of hydrogen-bond donors (Lipinski definition) is 2. The van der Waals surface area contributed by atoms with E-state index in [0.29, 0.717) is 39.0 Å². The van der Waals surface area contributed by atoms with Gasteiger partial charge >= 0.3 is 0 Å². The molecule has 0 bridgehead atoms. The highest BCUT2D eigenvalue weighted by molar-refractivity contribution is 5.83. The monoisotopic (exact) mass is 435 g/mol. The van der Waals surface area contributed by atoms with E-state index >= 15 is 0 Å². The fraction of sp³-hybridized carbons (Fsp3) is 0.0370. The minimum Gasteiger partial charge on any atom is -0.507 e. The van der Waals surface area contributed by atoms with E-state index in [2.05, 4.69) is 16.0 Å². The van der Waals surface area contributed by atoms with Crippen molar-refractivity contribution in [2.45, 2.75) is 6.92 Å². The largest absolute Gasteiger partial charge is 0.507 e. The molecule has 1 aromatic heterocycles. The lowest BCUT2D eigenvalue weighted by atomic mass is 9.99. The number of halogens is 1. The van der Waals surface area contributed by atoms with Crippen LogP contribution in [0.3, 0.4) is 0 Å². The predicted octanol–water partition coefficient (Wildman–Crippen LogP) is 6.71. The third-order valence-electron chi connectivity index (χ3n) is 5.50. The Morgan fingerprint density at radius 3 is 2.39 bits per heavy atom. The molecular formula is C27H18FN3O2. The van der Waals surface area contributed by atoms with Crippen LogP contribution in [-0.4, -0.2) is 15.1 Å². The number of rotatable bonds is 4. The number of fused-ring (bicyclic) bond motifs is 1. The summed E-state index contributed by atoms with van der Waals surface area (Å²) in [6, 6.07) is 25.0. The predicted molar refractivity (Wildman–Crippen MR) is 125 cm³/mol. The first-order valence-corrected chi connectivity index (χ1v) is 10.3. The van der Waals surface area contributed by atoms with Gasteiger partial charge < -0.3 is 14.8 Å². The van der Waals surface area contributed by atoms with Gasteiger partial charge in [-0.05, 0) is 47.9 Å². The number of benzene rings is 4. The highest BCUT2D eigenvalue weighted by Crippen LogP contribution is 2.33. The minimum atomic E-state index is -0.393. The summed E-state index contributed by atoms with van der Waals surface area (Å²) in [5.74, 6) is 0.268. The second kappa shape index (κ2) is 8.13. The molecule has 0 aliphatic heterocycles. The van der Waals surface area contributed by atoms with Crippen molar-refractivity contribution in [3.63, 3.8) is 0 Å². The zero-order chi connectivity index (χ0) is 22.9. The number of nitriles is 1. The van der Waals surface area contributed by atoms with E-state index in [9.17, 15) is 14.8 Å². The first-order valence-electron chi connectivity index (χ1n) is 10.3. The summed E-state index contributed by atoms with van der Waals surface area (Å²) >= 11 is 0. The molecule has 0 saturated carbocycles. The van der Waals surface area contributed by atoms with Crippen LogP contribution in [-0.2, 0) is 0 Å². The summed E-state index contributed by atoms with van der Waals surface area (Å²) in [7, 11) is 0. The molecule has 5 rings (SSSR count). The number of nitrogens with one attached hydrogen (secondary N) is 1. The normalized spacial score (nSPS) is 10.8. The number of H-pyrrole nitrogens is 1. The minimum absolute atomic E-state index is 0.192. The van der Waals surface area contributed by atoms with Gasteiger partial charge in [-0.15, -0.1) is 0 Å². The van der Waals surface area contributed by atoms with Crippen molar-refractivity contribution in [2.75, 3.05) is 0 Å². The summed E-state index contributed by atoms with van der Waals surface area (Å²) in [4.78, 5) is 7.40. The number of hydrogen-bond acceptors (Lipinski definition) is 4. The van der Waals surface area contributed by atoms with E-state index in [0.717, 1.165) is 11.1 Å².